The Morgan fingerprint density at radius 3 is 1.56 bits per heavy atom. The summed E-state index contributed by atoms with van der Waals surface area (Å²) in [5, 5.41) is 9.20. The summed E-state index contributed by atoms with van der Waals surface area (Å²) in [6.07, 6.45) is 20.8. The van der Waals surface area contributed by atoms with Gasteiger partial charge in [-0.3, -0.25) is 4.79 Å². The van der Waals surface area contributed by atoms with Crippen molar-refractivity contribution >= 4 is 5.97 Å². The van der Waals surface area contributed by atoms with Crippen molar-refractivity contribution < 1.29 is 14.6 Å². The van der Waals surface area contributed by atoms with Crippen LogP contribution in [-0.4, -0.2) is 29.8 Å². The Morgan fingerprint density at radius 1 is 0.778 bits per heavy atom. The molecule has 0 aliphatic carbocycles. The molecule has 0 amide bonds. The normalized spacial score (nSPS) is 13.5. The van der Waals surface area contributed by atoms with Crippen molar-refractivity contribution in [2.75, 3.05) is 13.2 Å². The standard InChI is InChI=1S/C23H47NO3/c1-3-5-6-7-8-9-10-11-12-13-14-15-16-17-18-19-22(26)27-21-23(24,4-2)20-25/h25H,3-21,24H2,1-2H3. The molecular weight excluding hydrogens is 338 g/mol. The zero-order valence-corrected chi connectivity index (χ0v) is 18.3. The molecule has 0 aromatic rings. The first kappa shape index (κ1) is 26.4. The van der Waals surface area contributed by atoms with Crippen LogP contribution in [0.25, 0.3) is 0 Å². The van der Waals surface area contributed by atoms with Crippen LogP contribution in [0.3, 0.4) is 0 Å². The molecule has 27 heavy (non-hydrogen) atoms. The van der Waals surface area contributed by atoms with Gasteiger partial charge in [0.2, 0.25) is 0 Å². The number of esters is 1. The summed E-state index contributed by atoms with van der Waals surface area (Å²) in [6.45, 7) is 4.11. The van der Waals surface area contributed by atoms with Crippen LogP contribution in [0, 0.1) is 0 Å². The summed E-state index contributed by atoms with van der Waals surface area (Å²) in [5.41, 5.74) is 5.12. The molecule has 0 bridgehead atoms. The van der Waals surface area contributed by atoms with Gasteiger partial charge in [-0.05, 0) is 12.8 Å². The minimum absolute atomic E-state index is 0.109. The van der Waals surface area contributed by atoms with Crippen molar-refractivity contribution in [3.8, 4) is 0 Å². The third-order valence-electron chi connectivity index (χ3n) is 5.52. The van der Waals surface area contributed by atoms with Crippen molar-refractivity contribution in [2.24, 2.45) is 5.73 Å². The van der Waals surface area contributed by atoms with Crippen LogP contribution in [-0.2, 0) is 9.53 Å². The Morgan fingerprint density at radius 2 is 1.19 bits per heavy atom. The van der Waals surface area contributed by atoms with E-state index in [4.69, 9.17) is 10.5 Å². The number of unbranched alkanes of at least 4 members (excludes halogenated alkanes) is 14. The molecule has 1 atom stereocenters. The largest absolute Gasteiger partial charge is 0.464 e. The maximum Gasteiger partial charge on any atom is 0.305 e. The molecule has 0 rings (SSSR count). The fraction of sp³-hybridized carbons (Fsp3) is 0.957. The van der Waals surface area contributed by atoms with E-state index in [1.54, 1.807) is 0 Å². The highest BCUT2D eigenvalue weighted by Gasteiger charge is 2.23. The number of hydrogen-bond donors (Lipinski definition) is 2. The number of hydrogen-bond acceptors (Lipinski definition) is 4. The fourth-order valence-corrected chi connectivity index (χ4v) is 3.20. The van der Waals surface area contributed by atoms with Gasteiger partial charge in [0.1, 0.15) is 6.61 Å². The lowest BCUT2D eigenvalue weighted by Crippen LogP contribution is -2.48. The summed E-state index contributed by atoms with van der Waals surface area (Å²) in [4.78, 5) is 11.7. The second-order valence-corrected chi connectivity index (χ2v) is 8.23. The van der Waals surface area contributed by atoms with E-state index in [1.165, 1.54) is 83.5 Å². The highest BCUT2D eigenvalue weighted by Crippen LogP contribution is 2.14. The van der Waals surface area contributed by atoms with Gasteiger partial charge in [-0.15, -0.1) is 0 Å². The molecule has 0 spiro atoms. The van der Waals surface area contributed by atoms with Gasteiger partial charge in [0.15, 0.2) is 0 Å². The highest BCUT2D eigenvalue weighted by atomic mass is 16.5. The molecule has 0 aliphatic heterocycles. The smallest absolute Gasteiger partial charge is 0.305 e. The van der Waals surface area contributed by atoms with Crippen LogP contribution in [0.5, 0.6) is 0 Å². The van der Waals surface area contributed by atoms with Crippen LogP contribution < -0.4 is 5.73 Å². The van der Waals surface area contributed by atoms with Crippen molar-refractivity contribution in [1.29, 1.82) is 0 Å². The predicted molar refractivity (Wildman–Crippen MR) is 115 cm³/mol. The van der Waals surface area contributed by atoms with Gasteiger partial charge in [0.05, 0.1) is 12.1 Å². The summed E-state index contributed by atoms with van der Waals surface area (Å²) >= 11 is 0. The van der Waals surface area contributed by atoms with Crippen LogP contribution in [0.1, 0.15) is 123 Å². The average molecular weight is 386 g/mol. The number of aliphatic hydroxyl groups is 1. The number of rotatable bonds is 20. The summed E-state index contributed by atoms with van der Waals surface area (Å²) in [7, 11) is 0. The second-order valence-electron chi connectivity index (χ2n) is 8.23. The number of carbonyl (C=O) groups is 1. The third kappa shape index (κ3) is 17.2. The van der Waals surface area contributed by atoms with E-state index in [0.717, 1.165) is 12.8 Å². The molecule has 0 radical (unpaired) electrons. The number of aliphatic hydroxyl groups excluding tert-OH is 1. The maximum absolute atomic E-state index is 11.7. The van der Waals surface area contributed by atoms with Crippen molar-refractivity contribution in [2.45, 2.75) is 129 Å². The Labute approximate surface area is 168 Å². The lowest BCUT2D eigenvalue weighted by atomic mass is 10.0. The topological polar surface area (TPSA) is 72.5 Å². The zero-order valence-electron chi connectivity index (χ0n) is 18.3. The molecule has 0 saturated carbocycles. The van der Waals surface area contributed by atoms with E-state index in [-0.39, 0.29) is 19.2 Å². The molecule has 0 fully saturated rings. The third-order valence-corrected chi connectivity index (χ3v) is 5.52. The van der Waals surface area contributed by atoms with E-state index < -0.39 is 5.54 Å². The molecule has 0 aromatic heterocycles. The molecule has 0 heterocycles. The Bertz CT molecular complexity index is 330. The van der Waals surface area contributed by atoms with Gasteiger partial charge in [-0.2, -0.15) is 0 Å². The van der Waals surface area contributed by atoms with Crippen LogP contribution >= 0.6 is 0 Å². The molecule has 4 nitrogen and oxygen atoms in total. The Hall–Kier alpha value is -0.610. The van der Waals surface area contributed by atoms with Gasteiger partial charge < -0.3 is 15.6 Å². The fourth-order valence-electron chi connectivity index (χ4n) is 3.20. The molecule has 4 heteroatoms. The van der Waals surface area contributed by atoms with Gasteiger partial charge >= 0.3 is 5.97 Å². The van der Waals surface area contributed by atoms with Crippen LogP contribution in [0.15, 0.2) is 0 Å². The van der Waals surface area contributed by atoms with Crippen molar-refractivity contribution in [3.05, 3.63) is 0 Å². The monoisotopic (exact) mass is 385 g/mol. The Balaban J connectivity index is 3.28. The number of carbonyl (C=O) groups excluding carboxylic acids is 1. The second kappa shape index (κ2) is 18.7. The van der Waals surface area contributed by atoms with Gasteiger partial charge in [-0.25, -0.2) is 0 Å². The lowest BCUT2D eigenvalue weighted by molar-refractivity contribution is -0.146. The van der Waals surface area contributed by atoms with Crippen molar-refractivity contribution in [1.82, 2.24) is 0 Å². The number of ether oxygens (including phenoxy) is 1. The Kier molecular flexibility index (Phi) is 18.3. The highest BCUT2D eigenvalue weighted by molar-refractivity contribution is 5.69. The summed E-state index contributed by atoms with van der Waals surface area (Å²) in [6, 6.07) is 0. The van der Waals surface area contributed by atoms with Crippen LogP contribution in [0.4, 0.5) is 0 Å². The van der Waals surface area contributed by atoms with Gasteiger partial charge in [-0.1, -0.05) is 104 Å². The molecule has 3 N–H and O–H groups in total. The molecule has 0 saturated heterocycles. The van der Waals surface area contributed by atoms with E-state index in [0.29, 0.717) is 12.8 Å². The quantitative estimate of drug-likeness (QED) is 0.202. The van der Waals surface area contributed by atoms with E-state index >= 15 is 0 Å². The molecule has 1 unspecified atom stereocenters. The minimum atomic E-state index is -0.787. The zero-order chi connectivity index (χ0) is 20.2. The van der Waals surface area contributed by atoms with Gasteiger partial charge in [0.25, 0.3) is 0 Å². The molecular formula is C23H47NO3. The molecule has 0 aromatic carbocycles. The summed E-state index contributed by atoms with van der Waals surface area (Å²) < 4.78 is 5.18. The molecule has 162 valence electrons. The maximum atomic E-state index is 11.7. The van der Waals surface area contributed by atoms with E-state index in [2.05, 4.69) is 6.92 Å². The van der Waals surface area contributed by atoms with E-state index in [9.17, 15) is 9.90 Å². The average Bonchev–Trinajstić information content (AvgIpc) is 2.69. The van der Waals surface area contributed by atoms with Crippen molar-refractivity contribution in [3.63, 3.8) is 0 Å². The minimum Gasteiger partial charge on any atom is -0.464 e. The summed E-state index contributed by atoms with van der Waals surface area (Å²) in [5.74, 6) is -0.193. The molecule has 0 aliphatic rings. The lowest BCUT2D eigenvalue weighted by Gasteiger charge is -2.24. The first-order chi connectivity index (χ1) is 13.1. The first-order valence-electron chi connectivity index (χ1n) is 11.6. The number of nitrogens with two attached hydrogens (primary N) is 1. The van der Waals surface area contributed by atoms with Crippen LogP contribution in [0.2, 0.25) is 0 Å². The van der Waals surface area contributed by atoms with Gasteiger partial charge in [0, 0.05) is 6.42 Å². The first-order valence-corrected chi connectivity index (χ1v) is 11.6. The van der Waals surface area contributed by atoms with E-state index in [1.807, 2.05) is 6.92 Å². The predicted octanol–water partition coefficient (Wildman–Crippen LogP) is 5.89. The SMILES string of the molecule is CCCCCCCCCCCCCCCCCC(=O)OCC(N)(CC)CO.